The quantitative estimate of drug-likeness (QED) is 0.674. The second kappa shape index (κ2) is 4.69. The van der Waals surface area contributed by atoms with Crippen molar-refractivity contribution >= 4 is 5.97 Å². The van der Waals surface area contributed by atoms with Crippen molar-refractivity contribution in [3.05, 3.63) is 11.4 Å². The zero-order valence-corrected chi connectivity index (χ0v) is 8.16. The number of esters is 1. The van der Waals surface area contributed by atoms with Crippen molar-refractivity contribution in [2.24, 2.45) is 0 Å². The Morgan fingerprint density at radius 1 is 1.64 bits per heavy atom. The van der Waals surface area contributed by atoms with Gasteiger partial charge in [-0.05, 0) is 13.8 Å². The number of rotatable bonds is 4. The van der Waals surface area contributed by atoms with Crippen molar-refractivity contribution in [1.82, 2.24) is 15.0 Å². The van der Waals surface area contributed by atoms with Crippen molar-refractivity contribution in [1.29, 1.82) is 0 Å². The normalized spacial score (nSPS) is 10.2. The van der Waals surface area contributed by atoms with E-state index in [1.807, 2.05) is 0 Å². The average molecular weight is 201 g/mol. The fraction of sp³-hybridized carbons (Fsp3) is 0.625. The SMILES string of the molecule is CCOC(=O)c1nnn(CCF)c1C. The monoisotopic (exact) mass is 201 g/mol. The zero-order chi connectivity index (χ0) is 10.6. The number of ether oxygens (including phenoxy) is 1. The van der Waals surface area contributed by atoms with Gasteiger partial charge in [-0.25, -0.2) is 13.9 Å². The predicted molar refractivity (Wildman–Crippen MR) is 46.7 cm³/mol. The Morgan fingerprint density at radius 2 is 2.36 bits per heavy atom. The van der Waals surface area contributed by atoms with Gasteiger partial charge < -0.3 is 4.74 Å². The van der Waals surface area contributed by atoms with Gasteiger partial charge in [0.05, 0.1) is 18.8 Å². The Balaban J connectivity index is 2.83. The summed E-state index contributed by atoms with van der Waals surface area (Å²) in [7, 11) is 0. The maximum Gasteiger partial charge on any atom is 0.360 e. The first-order chi connectivity index (χ1) is 6.70. The first-order valence-corrected chi connectivity index (χ1v) is 4.33. The van der Waals surface area contributed by atoms with Gasteiger partial charge in [-0.15, -0.1) is 5.10 Å². The predicted octanol–water partition coefficient (Wildman–Crippen LogP) is 0.733. The third-order valence-electron chi connectivity index (χ3n) is 1.75. The van der Waals surface area contributed by atoms with E-state index in [4.69, 9.17) is 4.74 Å². The molecule has 1 rings (SSSR count). The lowest BCUT2D eigenvalue weighted by molar-refractivity contribution is 0.0518. The van der Waals surface area contributed by atoms with Gasteiger partial charge >= 0.3 is 5.97 Å². The van der Waals surface area contributed by atoms with Crippen LogP contribution in [0.4, 0.5) is 4.39 Å². The highest BCUT2D eigenvalue weighted by atomic mass is 19.1. The van der Waals surface area contributed by atoms with E-state index in [-0.39, 0.29) is 18.8 Å². The smallest absolute Gasteiger partial charge is 0.360 e. The number of aromatic nitrogens is 3. The molecule has 0 saturated carbocycles. The van der Waals surface area contributed by atoms with Crippen LogP contribution in [0.5, 0.6) is 0 Å². The van der Waals surface area contributed by atoms with Crippen LogP contribution in [0.25, 0.3) is 0 Å². The van der Waals surface area contributed by atoms with E-state index in [9.17, 15) is 9.18 Å². The number of halogens is 1. The summed E-state index contributed by atoms with van der Waals surface area (Å²) in [5.41, 5.74) is 0.682. The molecule has 0 fully saturated rings. The van der Waals surface area contributed by atoms with E-state index >= 15 is 0 Å². The minimum absolute atomic E-state index is 0.109. The van der Waals surface area contributed by atoms with Crippen molar-refractivity contribution in [2.45, 2.75) is 20.4 Å². The van der Waals surface area contributed by atoms with Crippen LogP contribution >= 0.6 is 0 Å². The lowest BCUT2D eigenvalue weighted by Gasteiger charge is -2.00. The molecule has 1 heterocycles. The summed E-state index contributed by atoms with van der Waals surface area (Å²) in [5, 5.41) is 7.26. The third-order valence-corrected chi connectivity index (χ3v) is 1.75. The fourth-order valence-electron chi connectivity index (χ4n) is 1.04. The van der Waals surface area contributed by atoms with Crippen molar-refractivity contribution < 1.29 is 13.9 Å². The molecule has 14 heavy (non-hydrogen) atoms. The largest absolute Gasteiger partial charge is 0.461 e. The van der Waals surface area contributed by atoms with Gasteiger partial charge in [-0.3, -0.25) is 0 Å². The molecule has 1 aromatic rings. The molecule has 78 valence electrons. The van der Waals surface area contributed by atoms with Gasteiger partial charge in [0, 0.05) is 0 Å². The number of hydrogen-bond acceptors (Lipinski definition) is 4. The summed E-state index contributed by atoms with van der Waals surface area (Å²) in [4.78, 5) is 11.3. The van der Waals surface area contributed by atoms with E-state index in [2.05, 4.69) is 10.3 Å². The molecule has 0 aliphatic heterocycles. The Kier molecular flexibility index (Phi) is 3.55. The molecule has 0 aliphatic carbocycles. The second-order valence-electron chi connectivity index (χ2n) is 2.66. The number of hydrogen-bond donors (Lipinski definition) is 0. The first kappa shape index (κ1) is 10.6. The Hall–Kier alpha value is -1.46. The van der Waals surface area contributed by atoms with Crippen molar-refractivity contribution in [2.75, 3.05) is 13.3 Å². The highest BCUT2D eigenvalue weighted by Crippen LogP contribution is 2.05. The standard InChI is InChI=1S/C8H12FN3O2/c1-3-14-8(13)7-6(2)12(5-4-9)11-10-7/h3-5H2,1-2H3. The van der Waals surface area contributed by atoms with Crippen LogP contribution in [0.15, 0.2) is 0 Å². The van der Waals surface area contributed by atoms with E-state index < -0.39 is 12.6 Å². The summed E-state index contributed by atoms with van der Waals surface area (Å²) in [6.45, 7) is 3.22. The minimum Gasteiger partial charge on any atom is -0.461 e. The van der Waals surface area contributed by atoms with Crippen molar-refractivity contribution in [3.8, 4) is 0 Å². The van der Waals surface area contributed by atoms with Crippen LogP contribution in [-0.2, 0) is 11.3 Å². The molecule has 0 bridgehead atoms. The molecule has 0 atom stereocenters. The highest BCUT2D eigenvalue weighted by molar-refractivity contribution is 5.88. The summed E-state index contributed by atoms with van der Waals surface area (Å²) in [6.07, 6.45) is 0. The lowest BCUT2D eigenvalue weighted by Crippen LogP contribution is -2.08. The molecule has 0 spiro atoms. The Morgan fingerprint density at radius 3 is 2.93 bits per heavy atom. The summed E-state index contributed by atoms with van der Waals surface area (Å²) in [5.74, 6) is -0.518. The molecule has 0 aliphatic rings. The van der Waals surface area contributed by atoms with Crippen LogP contribution in [0.2, 0.25) is 0 Å². The molecular formula is C8H12FN3O2. The fourth-order valence-corrected chi connectivity index (χ4v) is 1.04. The van der Waals surface area contributed by atoms with Crippen LogP contribution in [0, 0.1) is 6.92 Å². The maximum absolute atomic E-state index is 12.0. The van der Waals surface area contributed by atoms with Gasteiger partial charge in [-0.1, -0.05) is 5.21 Å². The zero-order valence-electron chi connectivity index (χ0n) is 8.16. The van der Waals surface area contributed by atoms with Gasteiger partial charge in [0.15, 0.2) is 5.69 Å². The van der Waals surface area contributed by atoms with Gasteiger partial charge in [0.1, 0.15) is 6.67 Å². The minimum atomic E-state index is -0.535. The molecular weight excluding hydrogens is 189 g/mol. The highest BCUT2D eigenvalue weighted by Gasteiger charge is 2.16. The van der Waals surface area contributed by atoms with Crippen LogP contribution in [0.1, 0.15) is 23.1 Å². The summed E-state index contributed by atoms with van der Waals surface area (Å²) in [6, 6.07) is 0. The molecule has 0 unspecified atom stereocenters. The third kappa shape index (κ3) is 2.07. The Bertz CT molecular complexity index is 324. The molecule has 1 aromatic heterocycles. The van der Waals surface area contributed by atoms with Gasteiger partial charge in [0.25, 0.3) is 0 Å². The topological polar surface area (TPSA) is 57.0 Å². The van der Waals surface area contributed by atoms with E-state index in [0.29, 0.717) is 5.69 Å². The maximum atomic E-state index is 12.0. The van der Waals surface area contributed by atoms with E-state index in [1.165, 1.54) is 4.68 Å². The number of carbonyl (C=O) groups is 1. The van der Waals surface area contributed by atoms with Crippen LogP contribution in [-0.4, -0.2) is 34.2 Å². The second-order valence-corrected chi connectivity index (χ2v) is 2.66. The molecule has 0 amide bonds. The lowest BCUT2D eigenvalue weighted by atomic mass is 10.3. The summed E-state index contributed by atoms with van der Waals surface area (Å²) >= 11 is 0. The molecule has 5 nitrogen and oxygen atoms in total. The van der Waals surface area contributed by atoms with Crippen molar-refractivity contribution in [3.63, 3.8) is 0 Å². The molecule has 0 saturated heterocycles. The van der Waals surface area contributed by atoms with Gasteiger partial charge in [0.2, 0.25) is 0 Å². The number of nitrogens with zero attached hydrogens (tertiary/aromatic N) is 3. The molecule has 0 radical (unpaired) electrons. The Labute approximate surface area is 80.9 Å². The summed E-state index contributed by atoms with van der Waals surface area (Å²) < 4.78 is 18.1. The van der Waals surface area contributed by atoms with E-state index in [0.717, 1.165) is 0 Å². The molecule has 6 heteroatoms. The first-order valence-electron chi connectivity index (χ1n) is 4.33. The van der Waals surface area contributed by atoms with Crippen LogP contribution < -0.4 is 0 Å². The number of carbonyl (C=O) groups excluding carboxylic acids is 1. The number of aryl methyl sites for hydroxylation is 1. The average Bonchev–Trinajstić information content (AvgIpc) is 2.49. The van der Waals surface area contributed by atoms with Gasteiger partial charge in [-0.2, -0.15) is 0 Å². The van der Waals surface area contributed by atoms with Crippen LogP contribution in [0.3, 0.4) is 0 Å². The molecule has 0 N–H and O–H groups in total. The number of alkyl halides is 1. The van der Waals surface area contributed by atoms with E-state index in [1.54, 1.807) is 13.8 Å². The molecule has 0 aromatic carbocycles.